The Labute approximate surface area is 166 Å². The van der Waals surface area contributed by atoms with Crippen LogP contribution in [0.3, 0.4) is 0 Å². The average molecular weight is 409 g/mol. The molecule has 27 heavy (non-hydrogen) atoms. The summed E-state index contributed by atoms with van der Waals surface area (Å²) in [6, 6.07) is 13.0. The van der Waals surface area contributed by atoms with E-state index in [4.69, 9.17) is 11.6 Å². The molecule has 0 saturated heterocycles. The van der Waals surface area contributed by atoms with E-state index in [1.807, 2.05) is 33.8 Å². The minimum Gasteiger partial charge on any atom is -0.350 e. The fourth-order valence-corrected chi connectivity index (χ4v) is 4.01. The fourth-order valence-electron chi connectivity index (χ4n) is 2.47. The number of anilines is 1. The number of sulfonamides is 1. The van der Waals surface area contributed by atoms with Crippen molar-refractivity contribution in [2.45, 2.75) is 44.6 Å². The number of carbonyl (C=O) groups is 1. The molecule has 0 spiro atoms. The van der Waals surface area contributed by atoms with Gasteiger partial charge in [0.05, 0.1) is 10.6 Å². The summed E-state index contributed by atoms with van der Waals surface area (Å²) in [5, 5.41) is 3.33. The van der Waals surface area contributed by atoms with Gasteiger partial charge in [0.1, 0.15) is 6.54 Å². The Bertz CT molecular complexity index is 909. The highest BCUT2D eigenvalue weighted by Crippen LogP contribution is 2.25. The minimum absolute atomic E-state index is 0.0796. The molecule has 0 atom stereocenters. The van der Waals surface area contributed by atoms with Crippen LogP contribution in [0.2, 0.25) is 5.02 Å². The van der Waals surface area contributed by atoms with E-state index < -0.39 is 15.6 Å². The third kappa shape index (κ3) is 5.47. The molecule has 1 amide bonds. The number of nitrogens with one attached hydrogen (secondary N) is 1. The molecule has 1 N–H and O–H groups in total. The van der Waals surface area contributed by atoms with E-state index in [-0.39, 0.29) is 17.3 Å². The molecule has 146 valence electrons. The van der Waals surface area contributed by atoms with Crippen LogP contribution in [0.15, 0.2) is 53.4 Å². The number of rotatable bonds is 7. The Hall–Kier alpha value is -2.05. The summed E-state index contributed by atoms with van der Waals surface area (Å²) >= 11 is 5.88. The summed E-state index contributed by atoms with van der Waals surface area (Å²) < 4.78 is 27.6. The molecule has 0 aliphatic heterocycles. The highest BCUT2D eigenvalue weighted by Gasteiger charge is 2.29. The van der Waals surface area contributed by atoms with E-state index in [1.165, 1.54) is 24.3 Å². The van der Waals surface area contributed by atoms with E-state index in [0.29, 0.717) is 10.7 Å². The lowest BCUT2D eigenvalue weighted by Crippen LogP contribution is -2.48. The molecule has 2 rings (SSSR count). The van der Waals surface area contributed by atoms with Gasteiger partial charge in [-0.15, -0.1) is 0 Å². The lowest BCUT2D eigenvalue weighted by Gasteiger charge is -2.28. The van der Waals surface area contributed by atoms with Gasteiger partial charge in [-0.2, -0.15) is 0 Å². The molecular weight excluding hydrogens is 384 g/mol. The molecule has 0 heterocycles. The van der Waals surface area contributed by atoms with Gasteiger partial charge in [-0.05, 0) is 69.2 Å². The first-order valence-electron chi connectivity index (χ1n) is 8.71. The van der Waals surface area contributed by atoms with E-state index in [1.54, 1.807) is 18.2 Å². The zero-order valence-electron chi connectivity index (χ0n) is 16.0. The SMILES string of the molecule is CCC(C)(C)NC(=O)CN(c1cccc(C)c1)S(=O)(=O)c1ccc(Cl)cc1. The van der Waals surface area contributed by atoms with Crippen LogP contribution in [0.1, 0.15) is 32.8 Å². The second-order valence-electron chi connectivity index (χ2n) is 7.09. The monoisotopic (exact) mass is 408 g/mol. The van der Waals surface area contributed by atoms with Crippen molar-refractivity contribution in [3.05, 3.63) is 59.1 Å². The number of carbonyl (C=O) groups excluding carboxylic acids is 1. The zero-order valence-corrected chi connectivity index (χ0v) is 17.6. The number of hydrogen-bond donors (Lipinski definition) is 1. The highest BCUT2D eigenvalue weighted by molar-refractivity contribution is 7.92. The third-order valence-corrected chi connectivity index (χ3v) is 6.38. The van der Waals surface area contributed by atoms with E-state index in [9.17, 15) is 13.2 Å². The first-order valence-corrected chi connectivity index (χ1v) is 10.5. The maximum atomic E-state index is 13.2. The van der Waals surface area contributed by atoms with E-state index in [2.05, 4.69) is 5.32 Å². The molecule has 0 aliphatic carbocycles. The first-order chi connectivity index (χ1) is 12.5. The number of nitrogens with zero attached hydrogens (tertiary/aromatic N) is 1. The second kappa shape index (κ2) is 8.31. The van der Waals surface area contributed by atoms with Crippen LogP contribution in [0.4, 0.5) is 5.69 Å². The Morgan fingerprint density at radius 1 is 1.15 bits per heavy atom. The molecule has 2 aromatic carbocycles. The van der Waals surface area contributed by atoms with Crippen LogP contribution in [0.25, 0.3) is 0 Å². The second-order valence-corrected chi connectivity index (χ2v) is 9.39. The van der Waals surface area contributed by atoms with Crippen molar-refractivity contribution in [3.63, 3.8) is 0 Å². The minimum atomic E-state index is -3.93. The molecule has 7 heteroatoms. The summed E-state index contributed by atoms with van der Waals surface area (Å²) in [6.45, 7) is 7.32. The number of aryl methyl sites for hydroxylation is 1. The normalized spacial score (nSPS) is 11.9. The van der Waals surface area contributed by atoms with E-state index in [0.717, 1.165) is 16.3 Å². The molecule has 0 unspecified atom stereocenters. The summed E-state index contributed by atoms with van der Waals surface area (Å²) in [5.74, 6) is -0.360. The molecule has 2 aromatic rings. The molecule has 0 saturated carbocycles. The van der Waals surface area contributed by atoms with Gasteiger partial charge in [0.15, 0.2) is 0 Å². The summed E-state index contributed by atoms with van der Waals surface area (Å²) in [7, 11) is -3.93. The van der Waals surface area contributed by atoms with Crippen molar-refractivity contribution in [3.8, 4) is 0 Å². The number of amides is 1. The topological polar surface area (TPSA) is 66.5 Å². The Morgan fingerprint density at radius 3 is 2.33 bits per heavy atom. The molecule has 5 nitrogen and oxygen atoms in total. The number of benzene rings is 2. The standard InChI is InChI=1S/C20H25ClN2O3S/c1-5-20(3,4)22-19(24)14-23(17-8-6-7-15(2)13-17)27(25,26)18-11-9-16(21)10-12-18/h6-13H,5,14H2,1-4H3,(H,22,24). The van der Waals surface area contributed by atoms with Crippen LogP contribution < -0.4 is 9.62 Å². The molecule has 0 aliphatic rings. The lowest BCUT2D eigenvalue weighted by molar-refractivity contribution is -0.121. The van der Waals surface area contributed by atoms with Crippen molar-refractivity contribution in [1.82, 2.24) is 5.32 Å². The number of halogens is 1. The maximum Gasteiger partial charge on any atom is 0.264 e. The van der Waals surface area contributed by atoms with Crippen molar-refractivity contribution in [2.24, 2.45) is 0 Å². The van der Waals surface area contributed by atoms with E-state index >= 15 is 0 Å². The Morgan fingerprint density at radius 2 is 1.78 bits per heavy atom. The fraction of sp³-hybridized carbons (Fsp3) is 0.350. The molecule has 0 bridgehead atoms. The van der Waals surface area contributed by atoms with Crippen LogP contribution in [-0.4, -0.2) is 26.4 Å². The van der Waals surface area contributed by atoms with Crippen molar-refractivity contribution in [2.75, 3.05) is 10.8 Å². The van der Waals surface area contributed by atoms with Crippen LogP contribution >= 0.6 is 11.6 Å². The number of hydrogen-bond acceptors (Lipinski definition) is 3. The van der Waals surface area contributed by atoms with Gasteiger partial charge in [0.2, 0.25) is 5.91 Å². The highest BCUT2D eigenvalue weighted by atomic mass is 35.5. The van der Waals surface area contributed by atoms with Crippen LogP contribution in [-0.2, 0) is 14.8 Å². The molecule has 0 fully saturated rings. The van der Waals surface area contributed by atoms with Crippen molar-refractivity contribution >= 4 is 33.2 Å². The first kappa shape index (κ1) is 21.3. The van der Waals surface area contributed by atoms with Crippen LogP contribution in [0, 0.1) is 6.92 Å². The summed E-state index contributed by atoms with van der Waals surface area (Å²) in [5.41, 5.74) is 0.923. The van der Waals surface area contributed by atoms with Gasteiger partial charge in [0, 0.05) is 10.6 Å². The third-order valence-electron chi connectivity index (χ3n) is 4.34. The Balaban J connectivity index is 2.44. The average Bonchev–Trinajstić information content (AvgIpc) is 2.59. The largest absolute Gasteiger partial charge is 0.350 e. The van der Waals surface area contributed by atoms with Gasteiger partial charge in [-0.3, -0.25) is 9.10 Å². The van der Waals surface area contributed by atoms with Gasteiger partial charge >= 0.3 is 0 Å². The summed E-state index contributed by atoms with van der Waals surface area (Å²) in [4.78, 5) is 12.7. The lowest BCUT2D eigenvalue weighted by atomic mass is 10.0. The van der Waals surface area contributed by atoms with Crippen molar-refractivity contribution < 1.29 is 13.2 Å². The van der Waals surface area contributed by atoms with Crippen molar-refractivity contribution in [1.29, 1.82) is 0 Å². The zero-order chi connectivity index (χ0) is 20.2. The molecule has 0 radical (unpaired) electrons. The smallest absolute Gasteiger partial charge is 0.264 e. The molecular formula is C20H25ClN2O3S. The Kier molecular flexibility index (Phi) is 6.54. The predicted octanol–water partition coefficient (Wildman–Crippen LogP) is 4.15. The van der Waals surface area contributed by atoms with Gasteiger partial charge in [0.25, 0.3) is 10.0 Å². The van der Waals surface area contributed by atoms with Gasteiger partial charge < -0.3 is 5.32 Å². The quantitative estimate of drug-likeness (QED) is 0.748. The maximum absolute atomic E-state index is 13.2. The molecule has 0 aromatic heterocycles. The van der Waals surface area contributed by atoms with Gasteiger partial charge in [-0.25, -0.2) is 8.42 Å². The van der Waals surface area contributed by atoms with Gasteiger partial charge in [-0.1, -0.05) is 30.7 Å². The summed E-state index contributed by atoms with van der Waals surface area (Å²) in [6.07, 6.45) is 0.729. The predicted molar refractivity (Wildman–Crippen MR) is 110 cm³/mol. The van der Waals surface area contributed by atoms with Crippen LogP contribution in [0.5, 0.6) is 0 Å².